The lowest BCUT2D eigenvalue weighted by Gasteiger charge is -2.03. The van der Waals surface area contributed by atoms with Crippen molar-refractivity contribution in [1.82, 2.24) is 9.97 Å². The number of anilines is 1. The summed E-state index contributed by atoms with van der Waals surface area (Å²) in [6, 6.07) is 15.4. The lowest BCUT2D eigenvalue weighted by Crippen LogP contribution is -2.07. The third kappa shape index (κ3) is 3.61. The number of aromatic amines is 1. The molecule has 0 aliphatic carbocycles. The van der Waals surface area contributed by atoms with Crippen LogP contribution in [0.5, 0.6) is 0 Å². The van der Waals surface area contributed by atoms with Gasteiger partial charge in [0.15, 0.2) is 0 Å². The maximum Gasteiger partial charge on any atom is 0.248 e. The molecule has 5 nitrogen and oxygen atoms in total. The van der Waals surface area contributed by atoms with E-state index >= 15 is 0 Å². The largest absolute Gasteiger partial charge is 0.370 e. The summed E-state index contributed by atoms with van der Waals surface area (Å²) in [5.74, 6) is 0.696. The lowest BCUT2D eigenvalue weighted by atomic mass is 10.2. The van der Waals surface area contributed by atoms with Crippen LogP contribution in [0.15, 0.2) is 54.6 Å². The minimum atomic E-state index is -0.165. The van der Waals surface area contributed by atoms with Gasteiger partial charge >= 0.3 is 0 Å². The Balaban J connectivity index is 1.47. The molecule has 126 valence electrons. The Morgan fingerprint density at radius 3 is 2.92 bits per heavy atom. The number of fused-ring (bicyclic) bond motifs is 1. The highest BCUT2D eigenvalue weighted by molar-refractivity contribution is 6.02. The van der Waals surface area contributed by atoms with Gasteiger partial charge in [-0.05, 0) is 42.7 Å². The first kappa shape index (κ1) is 15.6. The zero-order chi connectivity index (χ0) is 17.1. The highest BCUT2D eigenvalue weighted by Gasteiger charge is 2.21. The number of H-pyrrole nitrogens is 1. The van der Waals surface area contributed by atoms with Crippen LogP contribution in [0.3, 0.4) is 0 Å². The van der Waals surface area contributed by atoms with Crippen LogP contribution in [0.1, 0.15) is 30.3 Å². The van der Waals surface area contributed by atoms with E-state index < -0.39 is 0 Å². The quantitative estimate of drug-likeness (QED) is 0.707. The van der Waals surface area contributed by atoms with E-state index in [2.05, 4.69) is 15.3 Å². The molecule has 2 N–H and O–H groups in total. The molecule has 1 atom stereocenters. The summed E-state index contributed by atoms with van der Waals surface area (Å²) >= 11 is 0. The molecule has 4 rings (SSSR count). The molecule has 1 saturated heterocycles. The zero-order valence-corrected chi connectivity index (χ0v) is 13.7. The van der Waals surface area contributed by atoms with Crippen LogP contribution in [0.2, 0.25) is 0 Å². The number of amides is 1. The number of rotatable bonds is 4. The van der Waals surface area contributed by atoms with Crippen molar-refractivity contribution >= 4 is 28.7 Å². The van der Waals surface area contributed by atoms with Gasteiger partial charge in [0.2, 0.25) is 5.91 Å². The molecule has 0 radical (unpaired) electrons. The molecule has 2 aromatic carbocycles. The second-order valence-corrected chi connectivity index (χ2v) is 6.09. The lowest BCUT2D eigenvalue weighted by molar-refractivity contribution is -0.111. The SMILES string of the molecule is O=C(/C=C/c1ccccc1)Nc1ccc2nc([C@H]3CCCO3)[nH]c2c1. The summed E-state index contributed by atoms with van der Waals surface area (Å²) in [6.45, 7) is 0.788. The first-order chi connectivity index (χ1) is 12.3. The van der Waals surface area contributed by atoms with Gasteiger partial charge in [-0.1, -0.05) is 30.3 Å². The average molecular weight is 333 g/mol. The van der Waals surface area contributed by atoms with E-state index in [4.69, 9.17) is 4.74 Å². The number of ether oxygens (including phenoxy) is 1. The molecule has 1 aliphatic rings. The summed E-state index contributed by atoms with van der Waals surface area (Å²) in [4.78, 5) is 20.0. The van der Waals surface area contributed by atoms with E-state index in [-0.39, 0.29) is 12.0 Å². The fourth-order valence-corrected chi connectivity index (χ4v) is 2.97. The standard InChI is InChI=1S/C20H19N3O2/c24-19(11-8-14-5-2-1-3-6-14)21-15-9-10-16-17(13-15)23-20(22-16)18-7-4-12-25-18/h1-3,5-6,8-11,13,18H,4,7,12H2,(H,21,24)(H,22,23)/b11-8+/t18-/m1/s1. The molecular weight excluding hydrogens is 314 g/mol. The topological polar surface area (TPSA) is 67.0 Å². The Morgan fingerprint density at radius 1 is 1.24 bits per heavy atom. The van der Waals surface area contributed by atoms with Crippen molar-refractivity contribution in [3.8, 4) is 0 Å². The molecule has 0 bridgehead atoms. The predicted molar refractivity (Wildman–Crippen MR) is 98.1 cm³/mol. The number of carbonyl (C=O) groups excluding carboxylic acids is 1. The first-order valence-electron chi connectivity index (χ1n) is 8.43. The van der Waals surface area contributed by atoms with E-state index in [0.717, 1.165) is 47.6 Å². The Morgan fingerprint density at radius 2 is 2.12 bits per heavy atom. The number of carbonyl (C=O) groups is 1. The number of aromatic nitrogens is 2. The summed E-state index contributed by atoms with van der Waals surface area (Å²) in [5, 5.41) is 2.88. The second kappa shape index (κ2) is 6.91. The van der Waals surface area contributed by atoms with E-state index in [1.54, 1.807) is 6.08 Å². The summed E-state index contributed by atoms with van der Waals surface area (Å²) in [6.07, 6.45) is 5.44. The van der Waals surface area contributed by atoms with Crippen LogP contribution in [-0.4, -0.2) is 22.5 Å². The molecule has 0 unspecified atom stereocenters. The molecule has 0 saturated carbocycles. The maximum atomic E-state index is 12.1. The predicted octanol–water partition coefficient (Wildman–Crippen LogP) is 4.07. The second-order valence-electron chi connectivity index (χ2n) is 6.09. The fraction of sp³-hybridized carbons (Fsp3) is 0.200. The van der Waals surface area contributed by atoms with E-state index in [1.807, 2.05) is 48.5 Å². The molecule has 3 aromatic rings. The summed E-state index contributed by atoms with van der Waals surface area (Å²) in [7, 11) is 0. The molecule has 1 fully saturated rings. The highest BCUT2D eigenvalue weighted by Crippen LogP contribution is 2.28. The number of nitrogens with zero attached hydrogens (tertiary/aromatic N) is 1. The number of nitrogens with one attached hydrogen (secondary N) is 2. The van der Waals surface area contributed by atoms with Gasteiger partial charge in [-0.2, -0.15) is 0 Å². The van der Waals surface area contributed by atoms with Gasteiger partial charge in [-0.15, -0.1) is 0 Å². The van der Waals surface area contributed by atoms with Crippen molar-refractivity contribution in [1.29, 1.82) is 0 Å². The maximum absolute atomic E-state index is 12.1. The summed E-state index contributed by atoms with van der Waals surface area (Å²) in [5.41, 5.74) is 3.50. The molecule has 1 aliphatic heterocycles. The Labute approximate surface area is 145 Å². The van der Waals surface area contributed by atoms with Crippen molar-refractivity contribution in [2.45, 2.75) is 18.9 Å². The third-order valence-electron chi connectivity index (χ3n) is 4.23. The van der Waals surface area contributed by atoms with Gasteiger partial charge in [0, 0.05) is 18.4 Å². The van der Waals surface area contributed by atoms with Crippen LogP contribution >= 0.6 is 0 Å². The first-order valence-corrected chi connectivity index (χ1v) is 8.43. The molecule has 25 heavy (non-hydrogen) atoms. The Hall–Kier alpha value is -2.92. The van der Waals surface area contributed by atoms with Crippen LogP contribution in [0.25, 0.3) is 17.1 Å². The number of benzene rings is 2. The minimum absolute atomic E-state index is 0.0549. The van der Waals surface area contributed by atoms with Crippen LogP contribution in [0.4, 0.5) is 5.69 Å². The molecular formula is C20H19N3O2. The Kier molecular flexibility index (Phi) is 4.31. The molecule has 1 amide bonds. The van der Waals surface area contributed by atoms with Crippen LogP contribution in [0, 0.1) is 0 Å². The van der Waals surface area contributed by atoms with E-state index in [0.29, 0.717) is 0 Å². The zero-order valence-electron chi connectivity index (χ0n) is 13.7. The van der Waals surface area contributed by atoms with Gasteiger partial charge in [0.05, 0.1) is 11.0 Å². The number of imidazole rings is 1. The highest BCUT2D eigenvalue weighted by atomic mass is 16.5. The average Bonchev–Trinajstić information content (AvgIpc) is 3.30. The van der Waals surface area contributed by atoms with E-state index in [1.165, 1.54) is 6.08 Å². The fourth-order valence-electron chi connectivity index (χ4n) is 2.97. The monoisotopic (exact) mass is 333 g/mol. The van der Waals surface area contributed by atoms with Crippen LogP contribution < -0.4 is 5.32 Å². The minimum Gasteiger partial charge on any atom is -0.370 e. The molecule has 1 aromatic heterocycles. The van der Waals surface area contributed by atoms with Gasteiger partial charge in [0.1, 0.15) is 11.9 Å². The number of hydrogen-bond acceptors (Lipinski definition) is 3. The van der Waals surface area contributed by atoms with Crippen molar-refractivity contribution in [2.24, 2.45) is 0 Å². The normalized spacial score (nSPS) is 17.4. The number of hydrogen-bond donors (Lipinski definition) is 2. The summed E-state index contributed by atoms with van der Waals surface area (Å²) < 4.78 is 5.66. The van der Waals surface area contributed by atoms with Crippen molar-refractivity contribution in [3.63, 3.8) is 0 Å². The molecule has 5 heteroatoms. The van der Waals surface area contributed by atoms with Crippen molar-refractivity contribution in [2.75, 3.05) is 11.9 Å². The molecule has 2 heterocycles. The van der Waals surface area contributed by atoms with Gasteiger partial charge < -0.3 is 15.0 Å². The third-order valence-corrected chi connectivity index (χ3v) is 4.23. The van der Waals surface area contributed by atoms with Gasteiger partial charge in [0.25, 0.3) is 0 Å². The van der Waals surface area contributed by atoms with E-state index in [9.17, 15) is 4.79 Å². The molecule has 0 spiro atoms. The van der Waals surface area contributed by atoms with Gasteiger partial charge in [-0.3, -0.25) is 4.79 Å². The van der Waals surface area contributed by atoms with Crippen molar-refractivity contribution < 1.29 is 9.53 Å². The van der Waals surface area contributed by atoms with Gasteiger partial charge in [-0.25, -0.2) is 4.98 Å². The van der Waals surface area contributed by atoms with Crippen molar-refractivity contribution in [3.05, 3.63) is 66.0 Å². The van der Waals surface area contributed by atoms with Crippen LogP contribution in [-0.2, 0) is 9.53 Å². The Bertz CT molecular complexity index is 909. The smallest absolute Gasteiger partial charge is 0.248 e.